The first-order valence-electron chi connectivity index (χ1n) is 6.42. The van der Waals surface area contributed by atoms with Crippen molar-refractivity contribution in [3.8, 4) is 5.75 Å². The molecule has 0 radical (unpaired) electrons. The third-order valence-corrected chi connectivity index (χ3v) is 3.13. The molecule has 1 aromatic carbocycles. The highest BCUT2D eigenvalue weighted by Crippen LogP contribution is 2.25. The fourth-order valence-electron chi connectivity index (χ4n) is 2.19. The summed E-state index contributed by atoms with van der Waals surface area (Å²) in [6, 6.07) is 6.13. The number of carbonyl (C=O) groups is 1. The number of hydrogen-bond acceptors (Lipinski definition) is 2. The van der Waals surface area contributed by atoms with Gasteiger partial charge >= 0.3 is 0 Å². The first-order valence-corrected chi connectivity index (χ1v) is 6.42. The van der Waals surface area contributed by atoms with Crippen LogP contribution >= 0.6 is 0 Å². The van der Waals surface area contributed by atoms with Gasteiger partial charge < -0.3 is 10.1 Å². The Morgan fingerprint density at radius 3 is 2.89 bits per heavy atom. The van der Waals surface area contributed by atoms with Crippen molar-refractivity contribution in [2.24, 2.45) is 0 Å². The molecule has 18 heavy (non-hydrogen) atoms. The van der Waals surface area contributed by atoms with Gasteiger partial charge in [-0.15, -0.1) is 6.58 Å². The molecule has 1 aliphatic carbocycles. The van der Waals surface area contributed by atoms with Crippen molar-refractivity contribution in [1.29, 1.82) is 0 Å². The summed E-state index contributed by atoms with van der Waals surface area (Å²) in [6.07, 6.45) is 6.45. The van der Waals surface area contributed by atoms with Crippen LogP contribution in [-0.2, 0) is 17.6 Å². The lowest BCUT2D eigenvalue weighted by Crippen LogP contribution is -2.28. The summed E-state index contributed by atoms with van der Waals surface area (Å²) in [5.74, 6) is 0.664. The zero-order valence-electron chi connectivity index (χ0n) is 10.6. The Hall–Kier alpha value is -1.77. The molecule has 3 nitrogen and oxygen atoms in total. The van der Waals surface area contributed by atoms with Crippen molar-refractivity contribution in [2.75, 3.05) is 13.2 Å². The van der Waals surface area contributed by atoms with Gasteiger partial charge in [0.05, 0.1) is 0 Å². The molecule has 0 unspecified atom stereocenters. The second-order valence-electron chi connectivity index (χ2n) is 4.52. The molecule has 1 N–H and O–H groups in total. The van der Waals surface area contributed by atoms with E-state index >= 15 is 0 Å². The summed E-state index contributed by atoms with van der Waals surface area (Å²) in [5.41, 5.74) is 2.79. The van der Waals surface area contributed by atoms with Crippen LogP contribution in [0.4, 0.5) is 0 Å². The molecule has 96 valence electrons. The smallest absolute Gasteiger partial charge is 0.258 e. The van der Waals surface area contributed by atoms with Gasteiger partial charge in [0.25, 0.3) is 5.91 Å². The summed E-state index contributed by atoms with van der Waals surface area (Å²) >= 11 is 0. The van der Waals surface area contributed by atoms with Crippen molar-refractivity contribution in [3.05, 3.63) is 42.0 Å². The minimum atomic E-state index is -0.118. The highest BCUT2D eigenvalue weighted by Gasteiger charge is 2.10. The van der Waals surface area contributed by atoms with Crippen LogP contribution in [0.15, 0.2) is 30.9 Å². The summed E-state index contributed by atoms with van der Waals surface area (Å²) in [6.45, 7) is 4.08. The topological polar surface area (TPSA) is 38.3 Å². The average molecular weight is 245 g/mol. The van der Waals surface area contributed by atoms with Gasteiger partial charge in [-0.05, 0) is 48.9 Å². The van der Waals surface area contributed by atoms with Gasteiger partial charge in [-0.3, -0.25) is 4.79 Å². The number of fused-ring (bicyclic) bond motifs is 1. The zero-order valence-corrected chi connectivity index (χ0v) is 10.6. The maximum absolute atomic E-state index is 11.4. The van der Waals surface area contributed by atoms with Crippen molar-refractivity contribution in [1.82, 2.24) is 5.32 Å². The van der Waals surface area contributed by atoms with Gasteiger partial charge in [0.1, 0.15) is 5.75 Å². The predicted octanol–water partition coefficient (Wildman–Crippen LogP) is 2.25. The molecule has 0 atom stereocenters. The van der Waals surface area contributed by atoms with E-state index in [1.165, 1.54) is 24.0 Å². The lowest BCUT2D eigenvalue weighted by Gasteiger charge is -2.16. The summed E-state index contributed by atoms with van der Waals surface area (Å²) in [4.78, 5) is 11.4. The van der Waals surface area contributed by atoms with E-state index in [9.17, 15) is 4.79 Å². The normalized spacial score (nSPS) is 13.6. The van der Waals surface area contributed by atoms with Crippen molar-refractivity contribution in [2.45, 2.75) is 25.7 Å². The SMILES string of the molecule is C=CCNC(=O)COc1ccc2c(c1)CCCC2. The summed E-state index contributed by atoms with van der Waals surface area (Å²) < 4.78 is 5.48. The average Bonchev–Trinajstić information content (AvgIpc) is 2.42. The highest BCUT2D eigenvalue weighted by molar-refractivity contribution is 5.77. The Labute approximate surface area is 108 Å². The van der Waals surface area contributed by atoms with Crippen LogP contribution in [0.2, 0.25) is 0 Å². The predicted molar refractivity (Wildman–Crippen MR) is 71.8 cm³/mol. The van der Waals surface area contributed by atoms with E-state index in [-0.39, 0.29) is 12.5 Å². The number of nitrogens with one attached hydrogen (secondary N) is 1. The molecule has 0 spiro atoms. The quantitative estimate of drug-likeness (QED) is 0.808. The Morgan fingerprint density at radius 1 is 1.33 bits per heavy atom. The molecule has 0 aliphatic heterocycles. The Kier molecular flexibility index (Phi) is 4.40. The van der Waals surface area contributed by atoms with Crippen molar-refractivity contribution >= 4 is 5.91 Å². The molecule has 0 saturated carbocycles. The maximum Gasteiger partial charge on any atom is 0.258 e. The molecular weight excluding hydrogens is 226 g/mol. The Bertz CT molecular complexity index is 440. The van der Waals surface area contributed by atoms with E-state index in [0.717, 1.165) is 18.6 Å². The molecule has 3 heteroatoms. The first-order chi connectivity index (χ1) is 8.79. The van der Waals surface area contributed by atoms with Crippen LogP contribution in [0.5, 0.6) is 5.75 Å². The lowest BCUT2D eigenvalue weighted by atomic mass is 9.92. The third kappa shape index (κ3) is 3.36. The standard InChI is InChI=1S/C15H19NO2/c1-2-9-16-15(17)11-18-14-8-7-12-5-3-4-6-13(12)10-14/h2,7-8,10H,1,3-6,9,11H2,(H,16,17). The van der Waals surface area contributed by atoms with E-state index < -0.39 is 0 Å². The number of hydrogen-bond donors (Lipinski definition) is 1. The second kappa shape index (κ2) is 6.24. The molecule has 1 amide bonds. The van der Waals surface area contributed by atoms with Crippen LogP contribution in [0.3, 0.4) is 0 Å². The van der Waals surface area contributed by atoms with E-state index in [2.05, 4.69) is 24.0 Å². The van der Waals surface area contributed by atoms with E-state index in [4.69, 9.17) is 4.74 Å². The minimum Gasteiger partial charge on any atom is -0.484 e. The van der Waals surface area contributed by atoms with Gasteiger partial charge in [-0.25, -0.2) is 0 Å². The molecule has 0 fully saturated rings. The Morgan fingerprint density at radius 2 is 2.11 bits per heavy atom. The number of aryl methyl sites for hydroxylation is 2. The third-order valence-electron chi connectivity index (χ3n) is 3.13. The lowest BCUT2D eigenvalue weighted by molar-refractivity contribution is -0.122. The van der Waals surface area contributed by atoms with Gasteiger partial charge in [0, 0.05) is 6.54 Å². The summed E-state index contributed by atoms with van der Waals surface area (Å²) in [7, 11) is 0. The molecule has 0 aromatic heterocycles. The molecule has 0 saturated heterocycles. The van der Waals surface area contributed by atoms with Crippen LogP contribution in [0, 0.1) is 0 Å². The van der Waals surface area contributed by atoms with Crippen molar-refractivity contribution < 1.29 is 9.53 Å². The monoisotopic (exact) mass is 245 g/mol. The first kappa shape index (κ1) is 12.7. The van der Waals surface area contributed by atoms with Gasteiger partial charge in [0.15, 0.2) is 6.61 Å². The molecule has 1 aromatic rings. The van der Waals surface area contributed by atoms with Gasteiger partial charge in [0.2, 0.25) is 0 Å². The van der Waals surface area contributed by atoms with E-state index in [1.54, 1.807) is 6.08 Å². The number of ether oxygens (including phenoxy) is 1. The molecule has 0 bridgehead atoms. The van der Waals surface area contributed by atoms with Crippen LogP contribution in [0.25, 0.3) is 0 Å². The molecule has 1 aliphatic rings. The number of carbonyl (C=O) groups excluding carboxylic acids is 1. The van der Waals surface area contributed by atoms with E-state index in [0.29, 0.717) is 6.54 Å². The number of amides is 1. The second-order valence-corrected chi connectivity index (χ2v) is 4.52. The van der Waals surface area contributed by atoms with Gasteiger partial charge in [-0.2, -0.15) is 0 Å². The van der Waals surface area contributed by atoms with Crippen molar-refractivity contribution in [3.63, 3.8) is 0 Å². The number of benzene rings is 1. The van der Waals surface area contributed by atoms with Crippen LogP contribution in [-0.4, -0.2) is 19.1 Å². The van der Waals surface area contributed by atoms with Crippen LogP contribution < -0.4 is 10.1 Å². The molecule has 2 rings (SSSR count). The zero-order chi connectivity index (χ0) is 12.8. The number of rotatable bonds is 5. The fraction of sp³-hybridized carbons (Fsp3) is 0.400. The molecular formula is C15H19NO2. The largest absolute Gasteiger partial charge is 0.484 e. The Balaban J connectivity index is 1.89. The minimum absolute atomic E-state index is 0.0621. The fourth-order valence-corrected chi connectivity index (χ4v) is 2.19. The maximum atomic E-state index is 11.4. The van der Waals surface area contributed by atoms with Crippen LogP contribution in [0.1, 0.15) is 24.0 Å². The summed E-state index contributed by atoms with van der Waals surface area (Å²) in [5, 5.41) is 2.68. The highest BCUT2D eigenvalue weighted by atomic mass is 16.5. The molecule has 0 heterocycles. The van der Waals surface area contributed by atoms with Gasteiger partial charge in [-0.1, -0.05) is 12.1 Å². The van der Waals surface area contributed by atoms with E-state index in [1.807, 2.05) is 6.07 Å².